The fourth-order valence-corrected chi connectivity index (χ4v) is 4.32. The van der Waals surface area contributed by atoms with Crippen molar-refractivity contribution < 1.29 is 9.59 Å². The molecule has 2 fully saturated rings. The Labute approximate surface area is 159 Å². The van der Waals surface area contributed by atoms with Crippen LogP contribution in [0.1, 0.15) is 42.1 Å². The largest absolute Gasteiger partial charge is 0.336 e. The number of carbonyl (C=O) groups is 2. The molecule has 1 aromatic carbocycles. The van der Waals surface area contributed by atoms with Gasteiger partial charge in [-0.1, -0.05) is 30.3 Å². The lowest BCUT2D eigenvalue weighted by molar-refractivity contribution is -0.133. The minimum absolute atomic E-state index is 0.0230. The van der Waals surface area contributed by atoms with Crippen molar-refractivity contribution in [1.29, 1.82) is 0 Å². The maximum atomic E-state index is 12.9. The van der Waals surface area contributed by atoms with Gasteiger partial charge < -0.3 is 9.80 Å². The highest BCUT2D eigenvalue weighted by molar-refractivity contribution is 5.94. The molecule has 1 aromatic heterocycles. The zero-order valence-corrected chi connectivity index (χ0v) is 15.8. The van der Waals surface area contributed by atoms with Gasteiger partial charge in [0.15, 0.2) is 0 Å². The van der Waals surface area contributed by atoms with Crippen LogP contribution in [0.25, 0.3) is 0 Å². The van der Waals surface area contributed by atoms with Crippen molar-refractivity contribution in [3.8, 4) is 0 Å². The van der Waals surface area contributed by atoms with Gasteiger partial charge in [0.1, 0.15) is 0 Å². The molecule has 0 radical (unpaired) electrons. The third kappa shape index (κ3) is 3.61. The van der Waals surface area contributed by atoms with Crippen LogP contribution in [0.3, 0.4) is 0 Å². The molecule has 2 saturated heterocycles. The van der Waals surface area contributed by atoms with Crippen molar-refractivity contribution in [3.63, 3.8) is 0 Å². The van der Waals surface area contributed by atoms with Crippen molar-refractivity contribution in [2.24, 2.45) is 5.92 Å². The highest BCUT2D eigenvalue weighted by Crippen LogP contribution is 2.32. The van der Waals surface area contributed by atoms with Crippen LogP contribution in [0.2, 0.25) is 0 Å². The Hall–Kier alpha value is -2.63. The average Bonchev–Trinajstić information content (AvgIpc) is 3.31. The summed E-state index contributed by atoms with van der Waals surface area (Å²) in [6.45, 7) is 4.70. The molecule has 2 amide bonds. The lowest BCUT2D eigenvalue weighted by atomic mass is 9.98. The number of hydrogen-bond acceptors (Lipinski definition) is 3. The van der Waals surface area contributed by atoms with Crippen LogP contribution < -0.4 is 0 Å². The van der Waals surface area contributed by atoms with Gasteiger partial charge in [-0.25, -0.2) is 0 Å². The SMILES string of the molecule is CCn1cc(C(=O)N2C[C@H]3CCCC(=O)N(Cc4ccccc4)[C@H]3C2)cn1. The molecule has 2 aliphatic rings. The second kappa shape index (κ2) is 7.55. The topological polar surface area (TPSA) is 58.4 Å². The number of nitrogens with zero attached hydrogens (tertiary/aromatic N) is 4. The first-order valence-corrected chi connectivity index (χ1v) is 9.81. The first-order chi connectivity index (χ1) is 13.2. The molecule has 3 heterocycles. The van der Waals surface area contributed by atoms with E-state index in [9.17, 15) is 9.59 Å². The molecule has 0 bridgehead atoms. The van der Waals surface area contributed by atoms with E-state index >= 15 is 0 Å². The van der Waals surface area contributed by atoms with E-state index in [1.165, 1.54) is 0 Å². The molecule has 6 nitrogen and oxygen atoms in total. The van der Waals surface area contributed by atoms with Gasteiger partial charge in [0.25, 0.3) is 5.91 Å². The Balaban J connectivity index is 1.53. The summed E-state index contributed by atoms with van der Waals surface area (Å²) in [5.74, 6) is 0.583. The first-order valence-electron chi connectivity index (χ1n) is 9.81. The van der Waals surface area contributed by atoms with Crippen LogP contribution in [0.5, 0.6) is 0 Å². The summed E-state index contributed by atoms with van der Waals surface area (Å²) in [7, 11) is 0. The highest BCUT2D eigenvalue weighted by atomic mass is 16.2. The van der Waals surface area contributed by atoms with Gasteiger partial charge in [0.2, 0.25) is 5.91 Å². The Morgan fingerprint density at radius 1 is 1.22 bits per heavy atom. The zero-order valence-electron chi connectivity index (χ0n) is 15.8. The van der Waals surface area contributed by atoms with Gasteiger partial charge in [-0.15, -0.1) is 0 Å². The second-order valence-electron chi connectivity index (χ2n) is 7.52. The Bertz CT molecular complexity index is 817. The van der Waals surface area contributed by atoms with E-state index in [0.29, 0.717) is 31.0 Å². The molecule has 0 unspecified atom stereocenters. The van der Waals surface area contributed by atoms with E-state index in [1.54, 1.807) is 10.9 Å². The van der Waals surface area contributed by atoms with Crippen molar-refractivity contribution >= 4 is 11.8 Å². The van der Waals surface area contributed by atoms with Gasteiger partial charge in [-0.3, -0.25) is 14.3 Å². The Morgan fingerprint density at radius 3 is 2.78 bits per heavy atom. The Morgan fingerprint density at radius 2 is 2.04 bits per heavy atom. The standard InChI is InChI=1S/C21H26N4O2/c1-2-24-14-18(11-22-24)21(27)23-13-17-9-6-10-20(26)25(19(17)15-23)12-16-7-4-3-5-8-16/h3-5,7-8,11,14,17,19H,2,6,9-10,12-13,15H2,1H3/t17-,19+/m1/s1. The molecule has 2 atom stereocenters. The summed E-state index contributed by atoms with van der Waals surface area (Å²) in [5.41, 5.74) is 1.77. The number of aryl methyl sites for hydroxylation is 1. The predicted molar refractivity (Wildman–Crippen MR) is 102 cm³/mol. The lowest BCUT2D eigenvalue weighted by Gasteiger charge is -2.30. The normalized spacial score (nSPS) is 22.6. The number of benzene rings is 1. The molecule has 0 saturated carbocycles. The van der Waals surface area contributed by atoms with Crippen LogP contribution >= 0.6 is 0 Å². The smallest absolute Gasteiger partial charge is 0.257 e. The molecule has 2 aromatic rings. The van der Waals surface area contributed by atoms with Crippen LogP contribution in [0.4, 0.5) is 0 Å². The van der Waals surface area contributed by atoms with E-state index in [4.69, 9.17) is 0 Å². The van der Waals surface area contributed by atoms with Gasteiger partial charge in [0.05, 0.1) is 17.8 Å². The van der Waals surface area contributed by atoms with Crippen LogP contribution in [0, 0.1) is 5.92 Å². The first kappa shape index (κ1) is 17.8. The maximum absolute atomic E-state index is 12.9. The lowest BCUT2D eigenvalue weighted by Crippen LogP contribution is -2.43. The van der Waals surface area contributed by atoms with Crippen LogP contribution in [0.15, 0.2) is 42.7 Å². The van der Waals surface area contributed by atoms with E-state index in [2.05, 4.69) is 17.2 Å². The molecule has 0 spiro atoms. The molecule has 27 heavy (non-hydrogen) atoms. The van der Waals surface area contributed by atoms with Gasteiger partial charge in [-0.2, -0.15) is 5.10 Å². The summed E-state index contributed by atoms with van der Waals surface area (Å²) in [6, 6.07) is 10.2. The van der Waals surface area contributed by atoms with Crippen molar-refractivity contribution in [2.45, 2.75) is 45.3 Å². The van der Waals surface area contributed by atoms with E-state index in [-0.39, 0.29) is 17.9 Å². The quantitative estimate of drug-likeness (QED) is 0.836. The number of amides is 2. The van der Waals surface area contributed by atoms with Crippen LogP contribution in [-0.2, 0) is 17.9 Å². The van der Waals surface area contributed by atoms with Gasteiger partial charge in [-0.05, 0) is 31.2 Å². The van der Waals surface area contributed by atoms with Crippen molar-refractivity contribution in [3.05, 3.63) is 53.9 Å². The third-order valence-corrected chi connectivity index (χ3v) is 5.78. The number of aromatic nitrogens is 2. The Kier molecular flexibility index (Phi) is 4.97. The molecule has 0 aliphatic carbocycles. The van der Waals surface area contributed by atoms with Gasteiger partial charge >= 0.3 is 0 Å². The average molecular weight is 366 g/mol. The number of hydrogen-bond donors (Lipinski definition) is 0. The minimum atomic E-state index is 0.0230. The number of fused-ring (bicyclic) bond motifs is 1. The highest BCUT2D eigenvalue weighted by Gasteiger charge is 2.42. The fraction of sp³-hybridized carbons (Fsp3) is 0.476. The molecule has 4 rings (SSSR count). The number of likely N-dealkylation sites (tertiary alicyclic amines) is 2. The van der Waals surface area contributed by atoms with E-state index < -0.39 is 0 Å². The summed E-state index contributed by atoms with van der Waals surface area (Å²) < 4.78 is 1.77. The van der Waals surface area contributed by atoms with E-state index in [0.717, 1.165) is 31.5 Å². The van der Waals surface area contributed by atoms with Crippen molar-refractivity contribution in [2.75, 3.05) is 13.1 Å². The fourth-order valence-electron chi connectivity index (χ4n) is 4.32. The minimum Gasteiger partial charge on any atom is -0.336 e. The molecular weight excluding hydrogens is 340 g/mol. The number of carbonyl (C=O) groups excluding carboxylic acids is 2. The molecule has 0 N–H and O–H groups in total. The maximum Gasteiger partial charge on any atom is 0.257 e. The number of rotatable bonds is 4. The molecule has 2 aliphatic heterocycles. The summed E-state index contributed by atoms with van der Waals surface area (Å²) in [4.78, 5) is 29.6. The molecular formula is C21H26N4O2. The van der Waals surface area contributed by atoms with E-state index in [1.807, 2.05) is 41.1 Å². The van der Waals surface area contributed by atoms with Gasteiger partial charge in [0, 0.05) is 38.8 Å². The summed E-state index contributed by atoms with van der Waals surface area (Å²) in [5, 5.41) is 4.22. The predicted octanol–water partition coefficient (Wildman–Crippen LogP) is 2.56. The third-order valence-electron chi connectivity index (χ3n) is 5.78. The van der Waals surface area contributed by atoms with Crippen molar-refractivity contribution in [1.82, 2.24) is 19.6 Å². The monoisotopic (exact) mass is 366 g/mol. The summed E-state index contributed by atoms with van der Waals surface area (Å²) >= 11 is 0. The molecule has 142 valence electrons. The molecule has 6 heteroatoms. The second-order valence-corrected chi connectivity index (χ2v) is 7.52. The zero-order chi connectivity index (χ0) is 18.8. The van der Waals surface area contributed by atoms with Crippen LogP contribution in [-0.4, -0.2) is 50.5 Å². The summed E-state index contributed by atoms with van der Waals surface area (Å²) in [6.07, 6.45) is 5.97.